The summed E-state index contributed by atoms with van der Waals surface area (Å²) >= 11 is 12.0. The predicted octanol–water partition coefficient (Wildman–Crippen LogP) is 3.18. The number of carbonyl (C=O) groups excluding carboxylic acids is 2. The average Bonchev–Trinajstić information content (AvgIpc) is 2.65. The van der Waals surface area contributed by atoms with Crippen LogP contribution < -0.4 is 10.0 Å². The lowest BCUT2D eigenvalue weighted by Crippen LogP contribution is -2.30. The van der Waals surface area contributed by atoms with Gasteiger partial charge in [-0.3, -0.25) is 4.79 Å². The fourth-order valence-corrected chi connectivity index (χ4v) is 3.88. The molecule has 1 amide bonds. The third kappa shape index (κ3) is 6.14. The standard InChI is InChI=1S/C18H19Cl2N3O5S/c1-10(2)23-29(26,27)13-6-4-5-12(7-13)18(25)28-9-15(24)22-17-16(20)11(3)14(19)8-21-17/h4-8,10,23H,9H2,1-3H3,(H,21,22,24). The number of rotatable bonds is 7. The number of esters is 1. The van der Waals surface area contributed by atoms with Crippen molar-refractivity contribution in [1.82, 2.24) is 9.71 Å². The van der Waals surface area contributed by atoms with E-state index in [1.54, 1.807) is 20.8 Å². The Morgan fingerprint density at radius 1 is 1.24 bits per heavy atom. The first kappa shape index (κ1) is 23.1. The number of nitrogens with one attached hydrogen (secondary N) is 2. The number of hydrogen-bond acceptors (Lipinski definition) is 6. The number of benzene rings is 1. The van der Waals surface area contributed by atoms with Gasteiger partial charge in [0.25, 0.3) is 5.91 Å². The molecule has 0 fully saturated rings. The van der Waals surface area contributed by atoms with E-state index in [9.17, 15) is 18.0 Å². The zero-order valence-corrected chi connectivity index (χ0v) is 18.2. The highest BCUT2D eigenvalue weighted by atomic mass is 35.5. The van der Waals surface area contributed by atoms with Crippen LogP contribution in [0.5, 0.6) is 0 Å². The van der Waals surface area contributed by atoms with Crippen molar-refractivity contribution in [2.75, 3.05) is 11.9 Å². The maximum Gasteiger partial charge on any atom is 0.338 e. The molecule has 1 aromatic carbocycles. The molecule has 0 saturated carbocycles. The smallest absolute Gasteiger partial charge is 0.338 e. The number of amides is 1. The second-order valence-electron chi connectivity index (χ2n) is 6.32. The van der Waals surface area contributed by atoms with E-state index in [1.165, 1.54) is 30.5 Å². The quantitative estimate of drug-likeness (QED) is 0.614. The van der Waals surface area contributed by atoms with E-state index < -0.39 is 28.5 Å². The lowest BCUT2D eigenvalue weighted by molar-refractivity contribution is -0.119. The van der Waals surface area contributed by atoms with E-state index in [0.29, 0.717) is 10.6 Å². The fourth-order valence-electron chi connectivity index (χ4n) is 2.20. The maximum absolute atomic E-state index is 12.2. The summed E-state index contributed by atoms with van der Waals surface area (Å²) in [6.45, 7) is 4.41. The van der Waals surface area contributed by atoms with Crippen molar-refractivity contribution in [1.29, 1.82) is 0 Å². The minimum Gasteiger partial charge on any atom is -0.452 e. The number of anilines is 1. The van der Waals surface area contributed by atoms with E-state index in [2.05, 4.69) is 15.0 Å². The first-order valence-electron chi connectivity index (χ1n) is 8.41. The molecule has 0 aliphatic heterocycles. The van der Waals surface area contributed by atoms with Crippen LogP contribution in [0.25, 0.3) is 0 Å². The highest BCUT2D eigenvalue weighted by Crippen LogP contribution is 2.28. The Bertz CT molecular complexity index is 1040. The Morgan fingerprint density at radius 3 is 2.59 bits per heavy atom. The normalized spacial score (nSPS) is 11.4. The largest absolute Gasteiger partial charge is 0.452 e. The molecule has 0 aliphatic rings. The highest BCUT2D eigenvalue weighted by molar-refractivity contribution is 7.89. The van der Waals surface area contributed by atoms with Gasteiger partial charge in [0.1, 0.15) is 0 Å². The molecule has 2 aromatic rings. The molecular formula is C18H19Cl2N3O5S. The van der Waals surface area contributed by atoms with Crippen molar-refractivity contribution in [3.05, 3.63) is 51.6 Å². The summed E-state index contributed by atoms with van der Waals surface area (Å²) in [6.07, 6.45) is 1.33. The third-order valence-corrected chi connectivity index (χ3v) is 6.07. The number of hydrogen-bond donors (Lipinski definition) is 2. The van der Waals surface area contributed by atoms with Gasteiger partial charge in [-0.2, -0.15) is 0 Å². The molecule has 0 spiro atoms. The van der Waals surface area contributed by atoms with Gasteiger partial charge in [0, 0.05) is 12.2 Å². The molecule has 1 heterocycles. The van der Waals surface area contributed by atoms with Crippen molar-refractivity contribution >= 4 is 50.9 Å². The molecule has 156 valence electrons. The van der Waals surface area contributed by atoms with Crippen molar-refractivity contribution in [2.24, 2.45) is 0 Å². The number of halogens is 2. The second kappa shape index (κ2) is 9.53. The van der Waals surface area contributed by atoms with Crippen LogP contribution in [0.4, 0.5) is 5.82 Å². The van der Waals surface area contributed by atoms with Crippen LogP contribution in [0.15, 0.2) is 35.4 Å². The van der Waals surface area contributed by atoms with Crippen LogP contribution in [0.2, 0.25) is 10.0 Å². The Balaban J connectivity index is 2.03. The van der Waals surface area contributed by atoms with Crippen LogP contribution >= 0.6 is 23.2 Å². The number of aromatic nitrogens is 1. The zero-order chi connectivity index (χ0) is 21.8. The molecule has 1 aromatic heterocycles. The van der Waals surface area contributed by atoms with Gasteiger partial charge in [-0.15, -0.1) is 0 Å². The van der Waals surface area contributed by atoms with Crippen molar-refractivity contribution in [3.63, 3.8) is 0 Å². The monoisotopic (exact) mass is 459 g/mol. The summed E-state index contributed by atoms with van der Waals surface area (Å²) in [5.74, 6) is -1.43. The van der Waals surface area contributed by atoms with Gasteiger partial charge in [-0.25, -0.2) is 22.9 Å². The molecule has 2 rings (SSSR count). The molecule has 2 N–H and O–H groups in total. The molecule has 11 heteroatoms. The van der Waals surface area contributed by atoms with Gasteiger partial charge in [-0.05, 0) is 44.5 Å². The second-order valence-corrected chi connectivity index (χ2v) is 8.82. The summed E-state index contributed by atoms with van der Waals surface area (Å²) in [5, 5.41) is 2.94. The molecule has 0 bridgehead atoms. The SMILES string of the molecule is Cc1c(Cl)cnc(NC(=O)COC(=O)c2cccc(S(=O)(=O)NC(C)C)c2)c1Cl. The van der Waals surface area contributed by atoms with Gasteiger partial charge in [0.15, 0.2) is 12.4 Å². The topological polar surface area (TPSA) is 114 Å². The number of ether oxygens (including phenoxy) is 1. The summed E-state index contributed by atoms with van der Waals surface area (Å²) < 4.78 is 31.8. The Labute approximate surface area is 178 Å². The van der Waals surface area contributed by atoms with E-state index in [4.69, 9.17) is 27.9 Å². The van der Waals surface area contributed by atoms with E-state index in [0.717, 1.165) is 0 Å². The Hall–Kier alpha value is -2.20. The van der Waals surface area contributed by atoms with Crippen molar-refractivity contribution in [2.45, 2.75) is 31.7 Å². The summed E-state index contributed by atoms with van der Waals surface area (Å²) in [7, 11) is -3.77. The molecule has 0 atom stereocenters. The van der Waals surface area contributed by atoms with E-state index >= 15 is 0 Å². The maximum atomic E-state index is 12.2. The molecule has 0 aliphatic carbocycles. The first-order chi connectivity index (χ1) is 13.5. The summed E-state index contributed by atoms with van der Waals surface area (Å²) in [6, 6.07) is 5.01. The molecular weight excluding hydrogens is 441 g/mol. The van der Waals surface area contributed by atoms with Crippen molar-refractivity contribution < 1.29 is 22.7 Å². The zero-order valence-electron chi connectivity index (χ0n) is 15.8. The molecule has 0 radical (unpaired) electrons. The Kier molecular flexibility index (Phi) is 7.59. The van der Waals surface area contributed by atoms with Gasteiger partial charge in [-0.1, -0.05) is 29.3 Å². The van der Waals surface area contributed by atoms with Crippen LogP contribution in [0.1, 0.15) is 29.8 Å². The van der Waals surface area contributed by atoms with Crippen LogP contribution in [0, 0.1) is 6.92 Å². The number of nitrogens with zero attached hydrogens (tertiary/aromatic N) is 1. The fraction of sp³-hybridized carbons (Fsp3) is 0.278. The minimum absolute atomic E-state index is 0.0112. The van der Waals surface area contributed by atoms with Crippen LogP contribution in [0.3, 0.4) is 0 Å². The number of sulfonamides is 1. The summed E-state index contributed by atoms with van der Waals surface area (Å²) in [5.41, 5.74) is 0.534. The molecule has 8 nitrogen and oxygen atoms in total. The molecule has 29 heavy (non-hydrogen) atoms. The van der Waals surface area contributed by atoms with Crippen LogP contribution in [-0.2, 0) is 19.6 Å². The lowest BCUT2D eigenvalue weighted by atomic mass is 10.2. The van der Waals surface area contributed by atoms with Gasteiger partial charge >= 0.3 is 5.97 Å². The van der Waals surface area contributed by atoms with Crippen molar-refractivity contribution in [3.8, 4) is 0 Å². The Morgan fingerprint density at radius 2 is 1.93 bits per heavy atom. The van der Waals surface area contributed by atoms with Gasteiger partial charge in [0.05, 0.1) is 20.5 Å². The number of carbonyl (C=O) groups is 2. The minimum atomic E-state index is -3.77. The first-order valence-corrected chi connectivity index (χ1v) is 10.6. The van der Waals surface area contributed by atoms with Gasteiger partial charge in [0.2, 0.25) is 10.0 Å². The summed E-state index contributed by atoms with van der Waals surface area (Å²) in [4.78, 5) is 28.0. The third-order valence-electron chi connectivity index (χ3n) is 3.57. The highest BCUT2D eigenvalue weighted by Gasteiger charge is 2.19. The van der Waals surface area contributed by atoms with Crippen LogP contribution in [-0.4, -0.2) is 37.9 Å². The molecule has 0 saturated heterocycles. The predicted molar refractivity (Wildman–Crippen MR) is 110 cm³/mol. The van der Waals surface area contributed by atoms with Gasteiger partial charge < -0.3 is 10.1 Å². The number of pyridine rings is 1. The molecule has 0 unspecified atom stereocenters. The van der Waals surface area contributed by atoms with E-state index in [-0.39, 0.29) is 27.3 Å². The average molecular weight is 460 g/mol. The lowest BCUT2D eigenvalue weighted by Gasteiger charge is -2.11. The van der Waals surface area contributed by atoms with E-state index in [1.807, 2.05) is 0 Å².